The molecule has 0 radical (unpaired) electrons. The van der Waals surface area contributed by atoms with Crippen molar-refractivity contribution in [2.75, 3.05) is 26.3 Å². The van der Waals surface area contributed by atoms with Gasteiger partial charge in [-0.25, -0.2) is 0 Å². The van der Waals surface area contributed by atoms with E-state index in [2.05, 4.69) is 59.2 Å². The normalized spacial score (nSPS) is 45.4. The molecule has 51 heavy (non-hydrogen) atoms. The highest BCUT2D eigenvalue weighted by molar-refractivity contribution is 6.76. The standard InChI is InChI=1S/C42H67NO7Si/c1-11-49-34(45)27-14-21-43(26-27)32-13-15-39(4)31(42(32,7)35(46)47)12-16-41(6)33(39)30(44)24-28-29-25-38(3,36(48)50-22-23-51(8,9)10)18-17-37(29,2)19-20-40(28,41)5/h24,27,29,31-33H,11-23,25-26H2,1-10H3,(H,46,47)/t27-,29+,31-,32+,33-,37-,38+,39+,40-,41-,42+/m1/s1. The predicted molar refractivity (Wildman–Crippen MR) is 201 cm³/mol. The van der Waals surface area contributed by atoms with Crippen molar-refractivity contribution in [2.45, 2.75) is 144 Å². The first kappa shape index (κ1) is 38.7. The van der Waals surface area contributed by atoms with Gasteiger partial charge in [0.2, 0.25) is 0 Å². The molecule has 6 aliphatic rings. The summed E-state index contributed by atoms with van der Waals surface area (Å²) in [6.45, 7) is 24.2. The summed E-state index contributed by atoms with van der Waals surface area (Å²) in [5, 5.41) is 11.1. The highest BCUT2D eigenvalue weighted by Crippen LogP contribution is 2.75. The maximum Gasteiger partial charge on any atom is 0.311 e. The van der Waals surface area contributed by atoms with Crippen LogP contribution >= 0.6 is 0 Å². The summed E-state index contributed by atoms with van der Waals surface area (Å²) in [5.74, 6) is -1.41. The molecule has 1 saturated heterocycles. The fraction of sp³-hybridized carbons (Fsp3) is 0.857. The predicted octanol–water partition coefficient (Wildman–Crippen LogP) is 8.17. The van der Waals surface area contributed by atoms with Crippen LogP contribution in [0.2, 0.25) is 25.7 Å². The number of ether oxygens (including phenoxy) is 2. The number of rotatable bonds is 8. The molecule has 1 N–H and O–H groups in total. The molecule has 286 valence electrons. The number of hydrogen-bond donors (Lipinski definition) is 1. The van der Waals surface area contributed by atoms with Crippen molar-refractivity contribution in [1.29, 1.82) is 0 Å². The Morgan fingerprint density at radius 3 is 2.25 bits per heavy atom. The summed E-state index contributed by atoms with van der Waals surface area (Å²) in [6.07, 6.45) is 10.3. The number of carbonyl (C=O) groups excluding carboxylic acids is 3. The van der Waals surface area contributed by atoms with E-state index in [4.69, 9.17) is 9.47 Å². The summed E-state index contributed by atoms with van der Waals surface area (Å²) in [4.78, 5) is 57.1. The van der Waals surface area contributed by atoms with Crippen LogP contribution in [0.5, 0.6) is 0 Å². The topological polar surface area (TPSA) is 110 Å². The lowest BCUT2D eigenvalue weighted by Crippen LogP contribution is -2.69. The molecule has 0 bridgehead atoms. The fourth-order valence-electron chi connectivity index (χ4n) is 13.0. The Hall–Kier alpha value is -2.00. The molecule has 0 amide bonds. The number of carboxylic acids is 1. The van der Waals surface area contributed by atoms with E-state index in [0.717, 1.165) is 51.0 Å². The molecule has 0 aromatic carbocycles. The van der Waals surface area contributed by atoms with Crippen molar-refractivity contribution in [3.05, 3.63) is 11.6 Å². The van der Waals surface area contributed by atoms with Gasteiger partial charge in [-0.05, 0) is 137 Å². The second kappa shape index (κ2) is 12.8. The van der Waals surface area contributed by atoms with Gasteiger partial charge in [-0.3, -0.25) is 24.1 Å². The van der Waals surface area contributed by atoms with Crippen LogP contribution in [-0.2, 0) is 28.7 Å². The second-order valence-electron chi connectivity index (χ2n) is 20.6. The Bertz CT molecular complexity index is 1490. The first-order chi connectivity index (χ1) is 23.6. The van der Waals surface area contributed by atoms with E-state index >= 15 is 0 Å². The van der Waals surface area contributed by atoms with Crippen LogP contribution in [-0.4, -0.2) is 74.1 Å². The number of carbonyl (C=O) groups is 4. The average Bonchev–Trinajstić information content (AvgIpc) is 3.52. The molecule has 1 aliphatic heterocycles. The zero-order valence-corrected chi connectivity index (χ0v) is 34.4. The van der Waals surface area contributed by atoms with Crippen LogP contribution in [0.15, 0.2) is 11.6 Å². The number of likely N-dealkylation sites (tertiary alicyclic amines) is 1. The van der Waals surface area contributed by atoms with Gasteiger partial charge in [0.1, 0.15) is 0 Å². The van der Waals surface area contributed by atoms with Crippen molar-refractivity contribution in [3.63, 3.8) is 0 Å². The van der Waals surface area contributed by atoms with Gasteiger partial charge >= 0.3 is 17.9 Å². The lowest BCUT2D eigenvalue weighted by atomic mass is 9.33. The average molecular weight is 726 g/mol. The van der Waals surface area contributed by atoms with Gasteiger partial charge in [0, 0.05) is 26.6 Å². The van der Waals surface area contributed by atoms with Crippen molar-refractivity contribution in [2.24, 2.45) is 56.2 Å². The summed E-state index contributed by atoms with van der Waals surface area (Å²) < 4.78 is 11.3. The molecule has 9 heteroatoms. The minimum Gasteiger partial charge on any atom is -0.481 e. The van der Waals surface area contributed by atoms with Gasteiger partial charge in [0.05, 0.1) is 30.0 Å². The van der Waals surface area contributed by atoms with Gasteiger partial charge in [0.15, 0.2) is 5.78 Å². The van der Waals surface area contributed by atoms with Crippen LogP contribution in [0.3, 0.4) is 0 Å². The Balaban J connectivity index is 1.31. The van der Waals surface area contributed by atoms with Gasteiger partial charge < -0.3 is 14.6 Å². The number of allylic oxidation sites excluding steroid dienone is 2. The first-order valence-electron chi connectivity index (χ1n) is 20.2. The zero-order valence-electron chi connectivity index (χ0n) is 33.4. The smallest absolute Gasteiger partial charge is 0.311 e. The SMILES string of the molecule is CCOC(=O)[C@@H]1CCN([C@H]2CC[C@@]3(C)[C@@H](CC[C@]4(C)[C@@H]3C(=O)C=C3[C@@H]5C[C@@](C)(C(=O)OCC[Si](C)(C)C)CC[C@]5(C)CC[C@]34C)[C@]2(C)C(=O)O)C1. The molecule has 5 aliphatic carbocycles. The van der Waals surface area contributed by atoms with Crippen molar-refractivity contribution in [3.8, 4) is 0 Å². The molecule has 8 nitrogen and oxygen atoms in total. The number of carboxylic acid groups (broad SMARTS) is 1. The fourth-order valence-corrected chi connectivity index (χ4v) is 13.8. The highest BCUT2D eigenvalue weighted by Gasteiger charge is 2.72. The third-order valence-electron chi connectivity index (χ3n) is 16.5. The van der Waals surface area contributed by atoms with Gasteiger partial charge in [-0.1, -0.05) is 52.9 Å². The summed E-state index contributed by atoms with van der Waals surface area (Å²) in [7, 11) is -1.33. The number of aliphatic carboxylic acids is 1. The Morgan fingerprint density at radius 2 is 1.61 bits per heavy atom. The molecule has 0 unspecified atom stereocenters. The van der Waals surface area contributed by atoms with Crippen LogP contribution in [0.4, 0.5) is 0 Å². The molecule has 5 fully saturated rings. The van der Waals surface area contributed by atoms with E-state index in [-0.39, 0.29) is 63.7 Å². The maximum atomic E-state index is 14.9. The van der Waals surface area contributed by atoms with E-state index in [0.29, 0.717) is 45.6 Å². The number of hydrogen-bond acceptors (Lipinski definition) is 7. The Morgan fingerprint density at radius 1 is 0.922 bits per heavy atom. The molecule has 11 atom stereocenters. The van der Waals surface area contributed by atoms with Gasteiger partial charge in [0.25, 0.3) is 0 Å². The van der Waals surface area contributed by atoms with E-state index in [1.54, 1.807) is 0 Å². The lowest BCUT2D eigenvalue weighted by Gasteiger charge is -2.70. The second-order valence-corrected chi connectivity index (χ2v) is 26.2. The summed E-state index contributed by atoms with van der Waals surface area (Å²) in [6, 6.07) is 0.763. The quantitative estimate of drug-likeness (QED) is 0.197. The molecule has 0 aromatic rings. The van der Waals surface area contributed by atoms with Crippen LogP contribution in [0.1, 0.15) is 113 Å². The molecular formula is C42H67NO7Si. The number of ketones is 1. The maximum absolute atomic E-state index is 14.9. The van der Waals surface area contributed by atoms with Crippen molar-refractivity contribution in [1.82, 2.24) is 4.90 Å². The Kier molecular flexibility index (Phi) is 9.72. The molecule has 1 heterocycles. The Labute approximate surface area is 308 Å². The third-order valence-corrected chi connectivity index (χ3v) is 18.2. The van der Waals surface area contributed by atoms with Crippen molar-refractivity contribution >= 4 is 31.8 Å². The van der Waals surface area contributed by atoms with Crippen LogP contribution in [0.25, 0.3) is 0 Å². The molecule has 6 rings (SSSR count). The highest BCUT2D eigenvalue weighted by atomic mass is 28.3. The van der Waals surface area contributed by atoms with E-state index in [1.165, 1.54) is 5.57 Å². The van der Waals surface area contributed by atoms with Gasteiger partial charge in [-0.2, -0.15) is 0 Å². The number of nitrogens with zero attached hydrogens (tertiary/aromatic N) is 1. The van der Waals surface area contributed by atoms with E-state index < -0.39 is 30.3 Å². The van der Waals surface area contributed by atoms with E-state index in [9.17, 15) is 24.3 Å². The summed E-state index contributed by atoms with van der Waals surface area (Å²) in [5.41, 5.74) is -1.35. The molecule has 0 spiro atoms. The number of fused-ring (bicyclic) bond motifs is 7. The van der Waals surface area contributed by atoms with Gasteiger partial charge in [-0.15, -0.1) is 0 Å². The van der Waals surface area contributed by atoms with Crippen LogP contribution < -0.4 is 0 Å². The molecule has 0 aromatic heterocycles. The number of esters is 2. The minimum absolute atomic E-state index is 0.0329. The first-order valence-corrected chi connectivity index (χ1v) is 23.9. The van der Waals surface area contributed by atoms with Crippen molar-refractivity contribution < 1.29 is 33.8 Å². The zero-order chi connectivity index (χ0) is 37.6. The third kappa shape index (κ3) is 5.92. The monoisotopic (exact) mass is 725 g/mol. The van der Waals surface area contributed by atoms with E-state index in [1.807, 2.05) is 19.9 Å². The molecular weight excluding hydrogens is 659 g/mol. The minimum atomic E-state index is -1.33. The summed E-state index contributed by atoms with van der Waals surface area (Å²) >= 11 is 0. The molecule has 4 saturated carbocycles. The largest absolute Gasteiger partial charge is 0.481 e. The lowest BCUT2D eigenvalue weighted by molar-refractivity contribution is -0.208. The van der Waals surface area contributed by atoms with Crippen LogP contribution in [0, 0.1) is 56.2 Å².